The molecule has 1 aromatic rings. The van der Waals surface area contributed by atoms with Crippen LogP contribution in [0.2, 0.25) is 0 Å². The number of aliphatic hydroxyl groups excluding tert-OH is 1. The second-order valence-electron chi connectivity index (χ2n) is 5.54. The molecular weight excluding hydrogens is 310 g/mol. The number of carbonyl (C=O) groups is 1. The van der Waals surface area contributed by atoms with Gasteiger partial charge in [0, 0.05) is 45.4 Å². The molecule has 9 heteroatoms. The lowest BCUT2D eigenvalue weighted by Crippen LogP contribution is -2.33. The summed E-state index contributed by atoms with van der Waals surface area (Å²) in [7, 11) is -0.585. The zero-order chi connectivity index (χ0) is 16.5. The number of rotatable bonds is 4. The highest BCUT2D eigenvalue weighted by molar-refractivity contribution is 7.89. The van der Waals surface area contributed by atoms with Crippen molar-refractivity contribution in [2.45, 2.75) is 6.10 Å². The molecule has 2 rings (SSSR count). The van der Waals surface area contributed by atoms with Gasteiger partial charge in [0.25, 0.3) is 5.91 Å². The summed E-state index contributed by atoms with van der Waals surface area (Å²) in [5.74, 6) is -1.09. The number of nitrogens with one attached hydrogen (secondary N) is 1. The van der Waals surface area contributed by atoms with Crippen molar-refractivity contribution in [3.05, 3.63) is 34.2 Å². The van der Waals surface area contributed by atoms with E-state index < -0.39 is 22.0 Å². The van der Waals surface area contributed by atoms with Gasteiger partial charge in [0.05, 0.1) is 17.4 Å². The van der Waals surface area contributed by atoms with Gasteiger partial charge in [-0.15, -0.1) is 0 Å². The number of hydrogen-bond donors (Lipinski definition) is 2. The van der Waals surface area contributed by atoms with E-state index in [1.165, 1.54) is 37.3 Å². The Morgan fingerprint density at radius 1 is 1.41 bits per heavy atom. The van der Waals surface area contributed by atoms with Crippen molar-refractivity contribution in [1.82, 2.24) is 14.2 Å². The highest BCUT2D eigenvalue weighted by atomic mass is 32.2. The molecule has 8 nitrogen and oxygen atoms in total. The van der Waals surface area contributed by atoms with Crippen LogP contribution in [0.25, 0.3) is 0 Å². The molecule has 1 aliphatic heterocycles. The monoisotopic (exact) mass is 329 g/mol. The Labute approximate surface area is 128 Å². The standard InChI is InChI=1S/C13H19N3O5S/c1-15(2)22(20,21)8-10-6-16(7-11(10)17)13(19)9-3-4-12(18)14-5-9/h3-5,10-11,17H,6-8H2,1-2H3,(H,14,18)/t10-,11+/m0/s1. The Balaban J connectivity index is 2.09. The number of β-amino-alcohol motifs (C(OH)–C–C–N with tert-alkyl or cyclic N) is 1. The molecule has 0 saturated carbocycles. The van der Waals surface area contributed by atoms with E-state index in [4.69, 9.17) is 0 Å². The molecule has 0 spiro atoms. The summed E-state index contributed by atoms with van der Waals surface area (Å²) < 4.78 is 24.9. The third-order valence-corrected chi connectivity index (χ3v) is 5.67. The number of aliphatic hydroxyl groups is 1. The van der Waals surface area contributed by atoms with Crippen molar-refractivity contribution in [3.8, 4) is 0 Å². The number of likely N-dealkylation sites (tertiary alicyclic amines) is 1. The van der Waals surface area contributed by atoms with E-state index >= 15 is 0 Å². The molecular formula is C13H19N3O5S. The maximum absolute atomic E-state index is 12.3. The van der Waals surface area contributed by atoms with E-state index in [1.54, 1.807) is 0 Å². The molecule has 1 saturated heterocycles. The number of carbonyl (C=O) groups excluding carboxylic acids is 1. The molecule has 1 aromatic heterocycles. The lowest BCUT2D eigenvalue weighted by atomic mass is 10.1. The van der Waals surface area contributed by atoms with E-state index in [-0.39, 0.29) is 30.3 Å². The van der Waals surface area contributed by atoms with Gasteiger partial charge in [-0.05, 0) is 6.07 Å². The molecule has 1 fully saturated rings. The number of sulfonamides is 1. The Hall–Kier alpha value is -1.71. The molecule has 2 atom stereocenters. The van der Waals surface area contributed by atoms with E-state index in [1.807, 2.05) is 0 Å². The smallest absolute Gasteiger partial charge is 0.255 e. The Morgan fingerprint density at radius 2 is 2.09 bits per heavy atom. The second kappa shape index (κ2) is 6.19. The third kappa shape index (κ3) is 3.54. The molecule has 0 bridgehead atoms. The lowest BCUT2D eigenvalue weighted by Gasteiger charge is -2.18. The first kappa shape index (κ1) is 16.7. The minimum Gasteiger partial charge on any atom is -0.391 e. The molecule has 1 amide bonds. The zero-order valence-electron chi connectivity index (χ0n) is 12.4. The van der Waals surface area contributed by atoms with Gasteiger partial charge in [-0.3, -0.25) is 9.59 Å². The van der Waals surface area contributed by atoms with Gasteiger partial charge >= 0.3 is 0 Å². The molecule has 0 aliphatic carbocycles. The summed E-state index contributed by atoms with van der Waals surface area (Å²) >= 11 is 0. The summed E-state index contributed by atoms with van der Waals surface area (Å²) in [4.78, 5) is 27.1. The molecule has 2 heterocycles. The molecule has 1 aliphatic rings. The number of H-pyrrole nitrogens is 1. The average Bonchev–Trinajstić information content (AvgIpc) is 2.79. The van der Waals surface area contributed by atoms with Crippen LogP contribution < -0.4 is 5.56 Å². The molecule has 0 aromatic carbocycles. The summed E-state index contributed by atoms with van der Waals surface area (Å²) in [5, 5.41) is 10.0. The average molecular weight is 329 g/mol. The van der Waals surface area contributed by atoms with E-state index in [0.29, 0.717) is 5.56 Å². The van der Waals surface area contributed by atoms with Crippen LogP contribution in [-0.2, 0) is 10.0 Å². The first-order valence-corrected chi connectivity index (χ1v) is 8.38. The van der Waals surface area contributed by atoms with Crippen LogP contribution >= 0.6 is 0 Å². The van der Waals surface area contributed by atoms with Crippen molar-refractivity contribution in [3.63, 3.8) is 0 Å². The predicted molar refractivity (Wildman–Crippen MR) is 79.9 cm³/mol. The van der Waals surface area contributed by atoms with Gasteiger partial charge in [0.15, 0.2) is 0 Å². The van der Waals surface area contributed by atoms with Gasteiger partial charge in [-0.25, -0.2) is 12.7 Å². The molecule has 0 radical (unpaired) electrons. The van der Waals surface area contributed by atoms with E-state index in [2.05, 4.69) is 4.98 Å². The van der Waals surface area contributed by atoms with Gasteiger partial charge in [-0.2, -0.15) is 0 Å². The zero-order valence-corrected chi connectivity index (χ0v) is 13.2. The lowest BCUT2D eigenvalue weighted by molar-refractivity contribution is 0.0764. The fourth-order valence-corrected chi connectivity index (χ4v) is 3.50. The van der Waals surface area contributed by atoms with Crippen LogP contribution in [0, 0.1) is 5.92 Å². The highest BCUT2D eigenvalue weighted by Gasteiger charge is 2.37. The molecule has 22 heavy (non-hydrogen) atoms. The number of nitrogens with zero attached hydrogens (tertiary/aromatic N) is 2. The van der Waals surface area contributed by atoms with Crippen LogP contribution in [0.15, 0.2) is 23.1 Å². The quantitative estimate of drug-likeness (QED) is 0.713. The second-order valence-corrected chi connectivity index (χ2v) is 7.77. The maximum Gasteiger partial charge on any atom is 0.255 e. The van der Waals surface area contributed by atoms with Crippen molar-refractivity contribution < 1.29 is 18.3 Å². The normalized spacial score (nSPS) is 22.3. The SMILES string of the molecule is CN(C)S(=O)(=O)C[C@@H]1CN(C(=O)c2ccc(=O)[nH]c2)C[C@H]1O. The number of amides is 1. The number of aromatic nitrogens is 1. The fourth-order valence-electron chi connectivity index (χ4n) is 2.33. The summed E-state index contributed by atoms with van der Waals surface area (Å²) in [5.41, 5.74) is -0.0177. The van der Waals surface area contributed by atoms with Crippen LogP contribution in [-0.4, -0.2) is 72.7 Å². The van der Waals surface area contributed by atoms with Gasteiger partial charge in [0.1, 0.15) is 0 Å². The summed E-state index contributed by atoms with van der Waals surface area (Å²) in [6.45, 7) is 0.234. The van der Waals surface area contributed by atoms with Gasteiger partial charge in [0.2, 0.25) is 15.6 Å². The predicted octanol–water partition coefficient (Wildman–Crippen LogP) is -1.30. The van der Waals surface area contributed by atoms with E-state index in [0.717, 1.165) is 4.31 Å². The van der Waals surface area contributed by atoms with Crippen molar-refractivity contribution >= 4 is 15.9 Å². The van der Waals surface area contributed by atoms with Crippen molar-refractivity contribution in [1.29, 1.82) is 0 Å². The molecule has 2 N–H and O–H groups in total. The first-order chi connectivity index (χ1) is 10.2. The number of hydrogen-bond acceptors (Lipinski definition) is 5. The number of pyridine rings is 1. The van der Waals surface area contributed by atoms with Crippen molar-refractivity contribution in [2.24, 2.45) is 5.92 Å². The molecule has 0 unspecified atom stereocenters. The Kier molecular flexibility index (Phi) is 4.69. The van der Waals surface area contributed by atoms with Gasteiger partial charge in [-0.1, -0.05) is 0 Å². The topological polar surface area (TPSA) is 111 Å². The molecule has 122 valence electrons. The maximum atomic E-state index is 12.3. The van der Waals surface area contributed by atoms with E-state index in [9.17, 15) is 23.1 Å². The summed E-state index contributed by atoms with van der Waals surface area (Å²) in [6.07, 6.45) is 0.419. The van der Waals surface area contributed by atoms with Crippen molar-refractivity contribution in [2.75, 3.05) is 32.9 Å². The van der Waals surface area contributed by atoms with Crippen LogP contribution in [0.4, 0.5) is 0 Å². The van der Waals surface area contributed by atoms with Gasteiger partial charge < -0.3 is 15.0 Å². The minimum atomic E-state index is -3.45. The Morgan fingerprint density at radius 3 is 2.64 bits per heavy atom. The van der Waals surface area contributed by atoms with Crippen LogP contribution in [0.3, 0.4) is 0 Å². The third-order valence-electron chi connectivity index (χ3n) is 3.71. The number of aromatic amines is 1. The first-order valence-electron chi connectivity index (χ1n) is 6.77. The van der Waals surface area contributed by atoms with Crippen LogP contribution in [0.1, 0.15) is 10.4 Å². The largest absolute Gasteiger partial charge is 0.391 e. The Bertz CT molecular complexity index is 692. The summed E-state index contributed by atoms with van der Waals surface area (Å²) in [6, 6.07) is 2.64. The highest BCUT2D eigenvalue weighted by Crippen LogP contribution is 2.21. The van der Waals surface area contributed by atoms with Crippen LogP contribution in [0.5, 0.6) is 0 Å². The minimum absolute atomic E-state index is 0.0750. The fraction of sp³-hybridized carbons (Fsp3) is 0.538.